The zero-order valence-corrected chi connectivity index (χ0v) is 11.1. The summed E-state index contributed by atoms with van der Waals surface area (Å²) >= 11 is 0. The SMILES string of the molecule is C=C1C(=O)O[C@H]2[C@@H]1[C@H](O)C=C(C)[C@]1(O)CC=C(C)[C@H]21. The highest BCUT2D eigenvalue weighted by atomic mass is 16.6. The average molecular weight is 262 g/mol. The molecular weight excluding hydrogens is 244 g/mol. The van der Waals surface area contributed by atoms with Crippen molar-refractivity contribution in [3.63, 3.8) is 0 Å². The summed E-state index contributed by atoms with van der Waals surface area (Å²) < 4.78 is 5.39. The number of hydrogen-bond donors (Lipinski definition) is 2. The molecule has 1 saturated heterocycles. The third-order valence-electron chi connectivity index (χ3n) is 4.80. The van der Waals surface area contributed by atoms with Crippen molar-refractivity contribution < 1.29 is 19.7 Å². The highest BCUT2D eigenvalue weighted by molar-refractivity contribution is 5.91. The van der Waals surface area contributed by atoms with Gasteiger partial charge in [-0.2, -0.15) is 0 Å². The number of ether oxygens (including phenoxy) is 1. The van der Waals surface area contributed by atoms with E-state index in [4.69, 9.17) is 4.74 Å². The Bertz CT molecular complexity index is 530. The van der Waals surface area contributed by atoms with E-state index in [2.05, 4.69) is 6.58 Å². The predicted molar refractivity (Wildman–Crippen MR) is 69.1 cm³/mol. The third-order valence-corrected chi connectivity index (χ3v) is 4.80. The van der Waals surface area contributed by atoms with Gasteiger partial charge in [0.05, 0.1) is 23.5 Å². The second kappa shape index (κ2) is 3.81. The molecule has 4 heteroatoms. The van der Waals surface area contributed by atoms with Crippen LogP contribution in [0.15, 0.2) is 35.5 Å². The molecule has 102 valence electrons. The molecule has 1 heterocycles. The Morgan fingerprint density at radius 1 is 1.47 bits per heavy atom. The molecule has 0 unspecified atom stereocenters. The van der Waals surface area contributed by atoms with Crippen LogP contribution >= 0.6 is 0 Å². The fourth-order valence-corrected chi connectivity index (χ4v) is 3.67. The lowest BCUT2D eigenvalue weighted by Crippen LogP contribution is -2.44. The van der Waals surface area contributed by atoms with Crippen LogP contribution in [0.2, 0.25) is 0 Å². The van der Waals surface area contributed by atoms with Gasteiger partial charge in [-0.3, -0.25) is 0 Å². The van der Waals surface area contributed by atoms with E-state index >= 15 is 0 Å². The number of carbonyl (C=O) groups excluding carboxylic acids is 1. The van der Waals surface area contributed by atoms with Gasteiger partial charge in [-0.05, 0) is 25.8 Å². The molecule has 2 aliphatic carbocycles. The molecule has 4 nitrogen and oxygen atoms in total. The Hall–Kier alpha value is -1.39. The zero-order chi connectivity index (χ0) is 13.9. The summed E-state index contributed by atoms with van der Waals surface area (Å²) in [4.78, 5) is 11.7. The van der Waals surface area contributed by atoms with E-state index in [0.29, 0.717) is 12.0 Å². The minimum atomic E-state index is -1.06. The molecule has 0 aromatic rings. The van der Waals surface area contributed by atoms with Crippen LogP contribution in [0.5, 0.6) is 0 Å². The van der Waals surface area contributed by atoms with Gasteiger partial charge in [0, 0.05) is 5.57 Å². The van der Waals surface area contributed by atoms with Gasteiger partial charge < -0.3 is 14.9 Å². The molecule has 0 amide bonds. The first-order chi connectivity index (χ1) is 8.86. The summed E-state index contributed by atoms with van der Waals surface area (Å²) in [7, 11) is 0. The number of carbonyl (C=O) groups is 1. The molecule has 3 aliphatic rings. The van der Waals surface area contributed by atoms with Gasteiger partial charge in [0.15, 0.2) is 0 Å². The van der Waals surface area contributed by atoms with Crippen molar-refractivity contribution in [2.75, 3.05) is 0 Å². The highest BCUT2D eigenvalue weighted by Gasteiger charge is 2.57. The van der Waals surface area contributed by atoms with E-state index in [1.54, 1.807) is 6.08 Å². The largest absolute Gasteiger partial charge is 0.457 e. The summed E-state index contributed by atoms with van der Waals surface area (Å²) in [6.45, 7) is 7.48. The summed E-state index contributed by atoms with van der Waals surface area (Å²) in [6, 6.07) is 0. The Balaban J connectivity index is 2.14. The standard InChI is InChI=1S/C15H18O4/c1-7-4-5-15(18)8(2)6-10(16)11-9(3)14(17)19-13(11)12(7)15/h4,6,10-13,16,18H,3,5H2,1-2H3/t10-,11+,12-,13+,15-/m1/s1. The maximum absolute atomic E-state index is 11.7. The van der Waals surface area contributed by atoms with Crippen molar-refractivity contribution in [2.45, 2.75) is 38.1 Å². The predicted octanol–water partition coefficient (Wildman–Crippen LogP) is 1.10. The number of rotatable bonds is 0. The molecule has 0 aromatic carbocycles. The van der Waals surface area contributed by atoms with Crippen LogP contribution in [0.25, 0.3) is 0 Å². The Morgan fingerprint density at radius 2 is 2.16 bits per heavy atom. The molecule has 0 radical (unpaired) electrons. The van der Waals surface area contributed by atoms with Crippen molar-refractivity contribution in [2.24, 2.45) is 11.8 Å². The number of esters is 1. The van der Waals surface area contributed by atoms with Crippen LogP contribution in [0.1, 0.15) is 20.3 Å². The van der Waals surface area contributed by atoms with Crippen molar-refractivity contribution in [3.05, 3.63) is 35.5 Å². The zero-order valence-electron chi connectivity index (χ0n) is 11.1. The molecular formula is C15H18O4. The summed E-state index contributed by atoms with van der Waals surface area (Å²) in [5.41, 5.74) is 0.971. The van der Waals surface area contributed by atoms with Gasteiger partial charge >= 0.3 is 5.97 Å². The second-order valence-electron chi connectivity index (χ2n) is 5.82. The van der Waals surface area contributed by atoms with Crippen LogP contribution in [0.3, 0.4) is 0 Å². The van der Waals surface area contributed by atoms with Gasteiger partial charge in [-0.1, -0.05) is 24.3 Å². The quantitative estimate of drug-likeness (QED) is 0.390. The van der Waals surface area contributed by atoms with Crippen LogP contribution < -0.4 is 0 Å². The second-order valence-corrected chi connectivity index (χ2v) is 5.82. The lowest BCUT2D eigenvalue weighted by Gasteiger charge is -2.35. The number of fused-ring (bicyclic) bond motifs is 3. The first kappa shape index (κ1) is 12.6. The van der Waals surface area contributed by atoms with Crippen LogP contribution in [-0.2, 0) is 9.53 Å². The fourth-order valence-electron chi connectivity index (χ4n) is 3.67. The lowest BCUT2D eigenvalue weighted by atomic mass is 9.76. The normalized spacial score (nSPS) is 45.1. The van der Waals surface area contributed by atoms with E-state index in [0.717, 1.165) is 11.1 Å². The van der Waals surface area contributed by atoms with Crippen molar-refractivity contribution in [1.29, 1.82) is 0 Å². The topological polar surface area (TPSA) is 66.8 Å². The van der Waals surface area contributed by atoms with Gasteiger partial charge in [0.2, 0.25) is 0 Å². The average Bonchev–Trinajstić information content (AvgIpc) is 2.76. The van der Waals surface area contributed by atoms with Gasteiger partial charge in [-0.15, -0.1) is 0 Å². The minimum Gasteiger partial charge on any atom is -0.457 e. The molecule has 0 saturated carbocycles. The van der Waals surface area contributed by atoms with Crippen molar-refractivity contribution in [1.82, 2.24) is 0 Å². The van der Waals surface area contributed by atoms with Crippen molar-refractivity contribution in [3.8, 4) is 0 Å². The molecule has 0 bridgehead atoms. The number of aliphatic hydroxyl groups excluding tert-OH is 1. The maximum atomic E-state index is 11.7. The van der Waals surface area contributed by atoms with Crippen LogP contribution in [-0.4, -0.2) is 34.0 Å². The first-order valence-corrected chi connectivity index (χ1v) is 6.52. The van der Waals surface area contributed by atoms with E-state index in [1.165, 1.54) is 0 Å². The summed E-state index contributed by atoms with van der Waals surface area (Å²) in [5.74, 6) is -1.24. The Morgan fingerprint density at radius 3 is 2.84 bits per heavy atom. The smallest absolute Gasteiger partial charge is 0.334 e. The minimum absolute atomic E-state index is 0.297. The molecule has 3 rings (SSSR count). The molecule has 2 N–H and O–H groups in total. The Labute approximate surface area is 112 Å². The monoisotopic (exact) mass is 262 g/mol. The number of aliphatic hydroxyl groups is 2. The molecule has 0 aromatic heterocycles. The summed E-state index contributed by atoms with van der Waals surface area (Å²) in [5, 5.41) is 21.2. The Kier molecular flexibility index (Phi) is 2.53. The lowest BCUT2D eigenvalue weighted by molar-refractivity contribution is -0.144. The van der Waals surface area contributed by atoms with Gasteiger partial charge in [-0.25, -0.2) is 4.79 Å². The highest BCUT2D eigenvalue weighted by Crippen LogP contribution is 2.50. The van der Waals surface area contributed by atoms with Gasteiger partial charge in [0.25, 0.3) is 0 Å². The van der Waals surface area contributed by atoms with E-state index < -0.39 is 29.7 Å². The van der Waals surface area contributed by atoms with Gasteiger partial charge in [0.1, 0.15) is 6.10 Å². The van der Waals surface area contributed by atoms with Crippen LogP contribution in [0, 0.1) is 11.8 Å². The van der Waals surface area contributed by atoms with E-state index in [1.807, 2.05) is 19.9 Å². The van der Waals surface area contributed by atoms with E-state index in [9.17, 15) is 15.0 Å². The summed E-state index contributed by atoms with van der Waals surface area (Å²) in [6.07, 6.45) is 2.73. The van der Waals surface area contributed by atoms with Crippen LogP contribution in [0.4, 0.5) is 0 Å². The molecule has 19 heavy (non-hydrogen) atoms. The fraction of sp³-hybridized carbons (Fsp3) is 0.533. The first-order valence-electron chi connectivity index (χ1n) is 6.52. The number of hydrogen-bond acceptors (Lipinski definition) is 4. The maximum Gasteiger partial charge on any atom is 0.334 e. The third kappa shape index (κ3) is 1.50. The molecule has 5 atom stereocenters. The van der Waals surface area contributed by atoms with Crippen molar-refractivity contribution >= 4 is 5.97 Å². The molecule has 1 fully saturated rings. The van der Waals surface area contributed by atoms with E-state index in [-0.39, 0.29) is 5.92 Å². The molecule has 0 spiro atoms. The molecule has 1 aliphatic heterocycles.